The van der Waals surface area contributed by atoms with Gasteiger partial charge in [-0.1, -0.05) is 19.1 Å². The van der Waals surface area contributed by atoms with Crippen LogP contribution in [0.1, 0.15) is 75.1 Å². The van der Waals surface area contributed by atoms with E-state index in [9.17, 15) is 20.4 Å². The number of hydrogen-bond acceptors (Lipinski definition) is 7. The summed E-state index contributed by atoms with van der Waals surface area (Å²) in [5.41, 5.74) is 3.17. The van der Waals surface area contributed by atoms with Crippen LogP contribution < -0.4 is 4.74 Å². The standard InChI is InChI=1S/C30H34N4O5/c1-19-11-22(14-32)9-10-26(19)34(29(37)39-30(3,4)5)16-24-15-33-25(17-35)28(27(24)20(2)36)38-18-23-8-6-7-21(12-23)13-31/h6-10,12,15,19-20,35-36H,11,16-18H2,1-5H3/p+1. The number of pyridine rings is 1. The minimum atomic E-state index is -0.767. The van der Waals surface area contributed by atoms with E-state index in [1.807, 2.05) is 13.0 Å². The van der Waals surface area contributed by atoms with Crippen molar-refractivity contribution >= 4 is 6.09 Å². The molecule has 0 aliphatic heterocycles. The van der Waals surface area contributed by atoms with Crippen LogP contribution in [0.4, 0.5) is 4.79 Å². The Morgan fingerprint density at radius 2 is 2.03 bits per heavy atom. The Kier molecular flexibility index (Phi) is 9.47. The van der Waals surface area contributed by atoms with Crippen LogP contribution >= 0.6 is 0 Å². The maximum Gasteiger partial charge on any atom is 0.414 e. The maximum atomic E-state index is 13.4. The average Bonchev–Trinajstić information content (AvgIpc) is 2.89. The number of carbonyl (C=O) groups is 1. The zero-order valence-electron chi connectivity index (χ0n) is 23.0. The summed E-state index contributed by atoms with van der Waals surface area (Å²) < 4.78 is 11.8. The van der Waals surface area contributed by atoms with E-state index >= 15 is 0 Å². The van der Waals surface area contributed by atoms with Gasteiger partial charge in [0, 0.05) is 35.9 Å². The fourth-order valence-corrected chi connectivity index (χ4v) is 4.39. The van der Waals surface area contributed by atoms with E-state index in [2.05, 4.69) is 17.1 Å². The van der Waals surface area contributed by atoms with Gasteiger partial charge in [-0.05, 0) is 57.0 Å². The molecule has 0 saturated heterocycles. The SMILES string of the molecule is CC1CC(C#N)=CC=C1N(Cc1cnc(CO)c(OCc2cccc(C#N)c2)c1C(C)[OH2+])C(=O)OC(C)(C)C. The molecule has 2 atom stereocenters. The third-order valence-electron chi connectivity index (χ3n) is 6.13. The largest absolute Gasteiger partial charge is 0.486 e. The average molecular weight is 532 g/mol. The first-order valence-electron chi connectivity index (χ1n) is 12.7. The number of amides is 1. The molecule has 9 nitrogen and oxygen atoms in total. The summed E-state index contributed by atoms with van der Waals surface area (Å²) in [5, 5.41) is 37.2. The highest BCUT2D eigenvalue weighted by atomic mass is 16.6. The number of nitriles is 2. The summed E-state index contributed by atoms with van der Waals surface area (Å²) in [5.74, 6) is 0.156. The molecule has 1 aliphatic rings. The van der Waals surface area contributed by atoms with Gasteiger partial charge in [-0.25, -0.2) is 4.79 Å². The van der Waals surface area contributed by atoms with E-state index in [1.165, 1.54) is 4.90 Å². The summed E-state index contributed by atoms with van der Waals surface area (Å²) in [6.07, 6.45) is 4.18. The van der Waals surface area contributed by atoms with Crippen molar-refractivity contribution < 1.29 is 24.5 Å². The number of ether oxygens (including phenoxy) is 2. The minimum absolute atomic E-state index is 0.0539. The first kappa shape index (κ1) is 29.4. The van der Waals surface area contributed by atoms with Gasteiger partial charge in [-0.2, -0.15) is 10.5 Å². The lowest BCUT2D eigenvalue weighted by molar-refractivity contribution is 0.0278. The number of aliphatic hydroxyl groups is 1. The molecule has 0 spiro atoms. The van der Waals surface area contributed by atoms with Gasteiger partial charge >= 0.3 is 6.09 Å². The molecular formula is C30H35N4O5+. The third-order valence-corrected chi connectivity index (χ3v) is 6.13. The Labute approximate surface area is 229 Å². The molecule has 0 fully saturated rings. The van der Waals surface area contributed by atoms with Gasteiger partial charge in [0.15, 0.2) is 11.9 Å². The second-order valence-corrected chi connectivity index (χ2v) is 10.5. The number of benzene rings is 1. The highest BCUT2D eigenvalue weighted by Gasteiger charge is 2.32. The lowest BCUT2D eigenvalue weighted by Gasteiger charge is -2.33. The molecule has 2 unspecified atom stereocenters. The van der Waals surface area contributed by atoms with E-state index in [1.54, 1.807) is 64.2 Å². The fraction of sp³-hybridized carbons (Fsp3) is 0.400. The van der Waals surface area contributed by atoms with Crippen molar-refractivity contribution in [2.45, 2.75) is 72.5 Å². The number of nitrogens with zero attached hydrogens (tertiary/aromatic N) is 4. The monoisotopic (exact) mass is 531 g/mol. The predicted octanol–water partition coefficient (Wildman–Crippen LogP) is 4.92. The molecule has 3 N–H and O–H groups in total. The number of allylic oxidation sites excluding steroid dienone is 4. The Balaban J connectivity index is 2.05. The summed E-state index contributed by atoms with van der Waals surface area (Å²) in [6, 6.07) is 11.3. The van der Waals surface area contributed by atoms with E-state index in [-0.39, 0.29) is 30.5 Å². The zero-order valence-corrected chi connectivity index (χ0v) is 23.0. The molecule has 204 valence electrons. The van der Waals surface area contributed by atoms with E-state index in [0.29, 0.717) is 34.4 Å². The molecule has 1 amide bonds. The molecule has 1 aliphatic carbocycles. The summed E-state index contributed by atoms with van der Waals surface area (Å²) in [7, 11) is 0. The van der Waals surface area contributed by atoms with Gasteiger partial charge in [0.25, 0.3) is 0 Å². The van der Waals surface area contributed by atoms with E-state index < -0.39 is 24.4 Å². The number of rotatable bonds is 8. The van der Waals surface area contributed by atoms with Crippen LogP contribution in [0.25, 0.3) is 0 Å². The van der Waals surface area contributed by atoms with Gasteiger partial charge in [-0.3, -0.25) is 9.88 Å². The van der Waals surface area contributed by atoms with Crippen LogP contribution in [0.15, 0.2) is 53.9 Å². The highest BCUT2D eigenvalue weighted by Crippen LogP contribution is 2.35. The molecule has 1 aromatic heterocycles. The van der Waals surface area contributed by atoms with Gasteiger partial charge in [-0.15, -0.1) is 0 Å². The fourth-order valence-electron chi connectivity index (χ4n) is 4.39. The molecule has 9 heteroatoms. The van der Waals surface area contributed by atoms with Crippen molar-refractivity contribution in [3.05, 3.63) is 81.8 Å². The maximum absolute atomic E-state index is 13.4. The molecule has 2 aromatic rings. The van der Waals surface area contributed by atoms with Crippen molar-refractivity contribution in [3.8, 4) is 17.9 Å². The number of carbonyl (C=O) groups excluding carboxylic acids is 1. The highest BCUT2D eigenvalue weighted by molar-refractivity contribution is 5.71. The molecule has 0 bridgehead atoms. The Bertz CT molecular complexity index is 1360. The summed E-state index contributed by atoms with van der Waals surface area (Å²) in [4.78, 5) is 19.3. The molecule has 0 saturated carbocycles. The van der Waals surface area contributed by atoms with Crippen molar-refractivity contribution in [2.24, 2.45) is 5.92 Å². The van der Waals surface area contributed by atoms with Gasteiger partial charge in [0.05, 0.1) is 36.4 Å². The van der Waals surface area contributed by atoms with Crippen LogP contribution in [0.2, 0.25) is 0 Å². The first-order valence-corrected chi connectivity index (χ1v) is 12.7. The molecule has 1 aromatic carbocycles. The molecular weight excluding hydrogens is 496 g/mol. The van der Waals surface area contributed by atoms with Gasteiger partial charge in [0.2, 0.25) is 0 Å². The van der Waals surface area contributed by atoms with Crippen LogP contribution in [-0.2, 0) is 24.5 Å². The van der Waals surface area contributed by atoms with Crippen molar-refractivity contribution in [1.29, 1.82) is 10.5 Å². The second kappa shape index (κ2) is 12.6. The predicted molar refractivity (Wildman–Crippen MR) is 145 cm³/mol. The number of aromatic nitrogens is 1. The van der Waals surface area contributed by atoms with Crippen LogP contribution in [0.3, 0.4) is 0 Å². The molecule has 39 heavy (non-hydrogen) atoms. The summed E-state index contributed by atoms with van der Waals surface area (Å²) in [6.45, 7) is 8.76. The molecule has 0 radical (unpaired) electrons. The smallest absolute Gasteiger partial charge is 0.414 e. The zero-order chi connectivity index (χ0) is 28.7. The van der Waals surface area contributed by atoms with Crippen LogP contribution in [0, 0.1) is 28.6 Å². The lowest BCUT2D eigenvalue weighted by atomic mass is 9.92. The van der Waals surface area contributed by atoms with Crippen LogP contribution in [0.5, 0.6) is 5.75 Å². The van der Waals surface area contributed by atoms with Crippen molar-refractivity contribution in [1.82, 2.24) is 9.88 Å². The molecule has 3 rings (SSSR count). The second-order valence-electron chi connectivity index (χ2n) is 10.5. The molecule has 1 heterocycles. The van der Waals surface area contributed by atoms with Crippen molar-refractivity contribution in [3.63, 3.8) is 0 Å². The Morgan fingerprint density at radius 3 is 2.62 bits per heavy atom. The third kappa shape index (κ3) is 7.44. The Morgan fingerprint density at radius 1 is 1.28 bits per heavy atom. The van der Waals surface area contributed by atoms with Gasteiger partial charge in [0.1, 0.15) is 17.9 Å². The topological polar surface area (TPSA) is 142 Å². The Hall–Kier alpha value is -4.18. The van der Waals surface area contributed by atoms with E-state index in [4.69, 9.17) is 14.6 Å². The van der Waals surface area contributed by atoms with E-state index in [0.717, 1.165) is 5.56 Å². The number of hydrogen-bond donors (Lipinski definition) is 1. The summed E-state index contributed by atoms with van der Waals surface area (Å²) >= 11 is 0. The van der Waals surface area contributed by atoms with Crippen molar-refractivity contribution in [2.75, 3.05) is 0 Å². The lowest BCUT2D eigenvalue weighted by Crippen LogP contribution is -2.38. The van der Waals surface area contributed by atoms with Crippen LogP contribution in [-0.4, -0.2) is 31.8 Å². The first-order chi connectivity index (χ1) is 18.5. The number of aliphatic hydroxyl groups excluding tert-OH is 1. The normalized spacial score (nSPS) is 15.8. The minimum Gasteiger partial charge on any atom is -0.486 e. The van der Waals surface area contributed by atoms with Gasteiger partial charge < -0.3 is 19.7 Å². The quantitative estimate of drug-likeness (QED) is 0.476.